The summed E-state index contributed by atoms with van der Waals surface area (Å²) in [6.45, 7) is 1.13. The third kappa shape index (κ3) is 13.4. The lowest BCUT2D eigenvalue weighted by Crippen LogP contribution is -2.06. The molecule has 0 saturated carbocycles. The van der Waals surface area contributed by atoms with Crippen molar-refractivity contribution >= 4 is 5.97 Å². The van der Waals surface area contributed by atoms with E-state index in [9.17, 15) is 4.79 Å². The number of hydrogen-bond acceptors (Lipinski definition) is 2. The fourth-order valence-electron chi connectivity index (χ4n) is 1.82. The first-order chi connectivity index (χ1) is 7.77. The summed E-state index contributed by atoms with van der Waals surface area (Å²) < 4.78 is 0. The van der Waals surface area contributed by atoms with Crippen LogP contribution >= 0.6 is 0 Å². The third-order valence-corrected chi connectivity index (χ3v) is 2.82. The summed E-state index contributed by atoms with van der Waals surface area (Å²) in [7, 11) is 2.00. The number of carbonyl (C=O) groups is 1. The van der Waals surface area contributed by atoms with Crippen LogP contribution in [0.1, 0.15) is 64.2 Å². The molecule has 3 nitrogen and oxygen atoms in total. The van der Waals surface area contributed by atoms with Gasteiger partial charge in [0.15, 0.2) is 0 Å². The topological polar surface area (TPSA) is 49.3 Å². The summed E-state index contributed by atoms with van der Waals surface area (Å²) in [6, 6.07) is 0. The maximum Gasteiger partial charge on any atom is 0.303 e. The predicted molar refractivity (Wildman–Crippen MR) is 67.7 cm³/mol. The largest absolute Gasteiger partial charge is 0.481 e. The summed E-state index contributed by atoms with van der Waals surface area (Å²) in [5.74, 6) is -0.662. The molecule has 3 heteroatoms. The standard InChI is InChI=1S/C13H27NO2/c1-14-12-10-8-6-4-2-3-5-7-9-11-13(15)16/h14H,2-12H2,1H3,(H,15,16). The van der Waals surface area contributed by atoms with Crippen LogP contribution in [-0.2, 0) is 4.79 Å². The van der Waals surface area contributed by atoms with Crippen molar-refractivity contribution in [2.45, 2.75) is 64.2 Å². The Balaban J connectivity index is 2.90. The number of nitrogens with one attached hydrogen (secondary N) is 1. The van der Waals surface area contributed by atoms with Gasteiger partial charge in [0.25, 0.3) is 0 Å². The molecule has 0 bridgehead atoms. The van der Waals surface area contributed by atoms with Crippen LogP contribution in [-0.4, -0.2) is 24.7 Å². The zero-order valence-corrected chi connectivity index (χ0v) is 10.6. The van der Waals surface area contributed by atoms with E-state index in [4.69, 9.17) is 5.11 Å². The number of carboxylic acid groups (broad SMARTS) is 1. The van der Waals surface area contributed by atoms with Crippen molar-refractivity contribution in [2.75, 3.05) is 13.6 Å². The third-order valence-electron chi connectivity index (χ3n) is 2.82. The molecule has 0 heterocycles. The summed E-state index contributed by atoms with van der Waals surface area (Å²) >= 11 is 0. The summed E-state index contributed by atoms with van der Waals surface area (Å²) in [4.78, 5) is 10.3. The highest BCUT2D eigenvalue weighted by Crippen LogP contribution is 2.10. The average Bonchev–Trinajstić information content (AvgIpc) is 2.25. The zero-order valence-electron chi connectivity index (χ0n) is 10.6. The van der Waals surface area contributed by atoms with E-state index in [1.54, 1.807) is 0 Å². The van der Waals surface area contributed by atoms with Crippen LogP contribution in [0.4, 0.5) is 0 Å². The Morgan fingerprint density at radius 1 is 0.875 bits per heavy atom. The number of unbranched alkanes of at least 4 members (excludes halogenated alkanes) is 8. The first kappa shape index (κ1) is 15.4. The van der Waals surface area contributed by atoms with Gasteiger partial charge in [-0.05, 0) is 26.4 Å². The molecule has 16 heavy (non-hydrogen) atoms. The fourth-order valence-corrected chi connectivity index (χ4v) is 1.82. The van der Waals surface area contributed by atoms with Gasteiger partial charge in [0, 0.05) is 6.42 Å². The number of aliphatic carboxylic acids is 1. The van der Waals surface area contributed by atoms with Crippen LogP contribution in [0.25, 0.3) is 0 Å². The monoisotopic (exact) mass is 229 g/mol. The fraction of sp³-hybridized carbons (Fsp3) is 0.923. The Kier molecular flexibility index (Phi) is 12.1. The number of hydrogen-bond donors (Lipinski definition) is 2. The molecular weight excluding hydrogens is 202 g/mol. The summed E-state index contributed by atoms with van der Waals surface area (Å²) in [5.41, 5.74) is 0. The first-order valence-electron chi connectivity index (χ1n) is 6.63. The second kappa shape index (κ2) is 12.5. The van der Waals surface area contributed by atoms with Crippen LogP contribution in [0, 0.1) is 0 Å². The maximum absolute atomic E-state index is 10.3. The first-order valence-corrected chi connectivity index (χ1v) is 6.63. The normalized spacial score (nSPS) is 10.6. The highest BCUT2D eigenvalue weighted by molar-refractivity contribution is 5.66. The van der Waals surface area contributed by atoms with Crippen LogP contribution < -0.4 is 5.32 Å². The Bertz CT molecular complexity index is 160. The van der Waals surface area contributed by atoms with Crippen LogP contribution in [0.15, 0.2) is 0 Å². The predicted octanol–water partition coefficient (Wildman–Crippen LogP) is 3.19. The van der Waals surface area contributed by atoms with Gasteiger partial charge < -0.3 is 10.4 Å². The molecule has 0 aromatic heterocycles. The molecule has 2 N–H and O–H groups in total. The molecule has 0 atom stereocenters. The van der Waals surface area contributed by atoms with Gasteiger partial charge in [0.2, 0.25) is 0 Å². The van der Waals surface area contributed by atoms with Crippen molar-refractivity contribution in [3.05, 3.63) is 0 Å². The Morgan fingerprint density at radius 2 is 1.31 bits per heavy atom. The van der Waals surface area contributed by atoms with E-state index < -0.39 is 5.97 Å². The van der Waals surface area contributed by atoms with Gasteiger partial charge in [0.05, 0.1) is 0 Å². The van der Waals surface area contributed by atoms with Gasteiger partial charge in [0.1, 0.15) is 0 Å². The van der Waals surface area contributed by atoms with Crippen molar-refractivity contribution in [1.82, 2.24) is 5.32 Å². The molecule has 0 rings (SSSR count). The van der Waals surface area contributed by atoms with Crippen molar-refractivity contribution in [3.63, 3.8) is 0 Å². The van der Waals surface area contributed by atoms with E-state index in [0.717, 1.165) is 19.4 Å². The molecule has 0 spiro atoms. The number of rotatable bonds is 12. The zero-order chi connectivity index (χ0) is 12.1. The van der Waals surface area contributed by atoms with E-state index >= 15 is 0 Å². The van der Waals surface area contributed by atoms with Gasteiger partial charge >= 0.3 is 5.97 Å². The molecular formula is C13H27NO2. The Labute approximate surface area is 99.6 Å². The van der Waals surface area contributed by atoms with E-state index in [1.165, 1.54) is 44.9 Å². The van der Waals surface area contributed by atoms with Crippen molar-refractivity contribution < 1.29 is 9.90 Å². The molecule has 0 fully saturated rings. The lowest BCUT2D eigenvalue weighted by Gasteiger charge is -2.01. The van der Waals surface area contributed by atoms with Gasteiger partial charge in [-0.3, -0.25) is 4.79 Å². The second-order valence-electron chi connectivity index (χ2n) is 4.43. The molecule has 0 aromatic carbocycles. The molecule has 0 saturated heterocycles. The highest BCUT2D eigenvalue weighted by atomic mass is 16.4. The van der Waals surface area contributed by atoms with Crippen molar-refractivity contribution in [1.29, 1.82) is 0 Å². The molecule has 0 radical (unpaired) electrons. The smallest absolute Gasteiger partial charge is 0.303 e. The van der Waals surface area contributed by atoms with Crippen LogP contribution in [0.2, 0.25) is 0 Å². The quantitative estimate of drug-likeness (QED) is 0.505. The molecule has 0 aliphatic carbocycles. The van der Waals surface area contributed by atoms with E-state index in [1.807, 2.05) is 7.05 Å². The van der Waals surface area contributed by atoms with Gasteiger partial charge in [-0.1, -0.05) is 44.9 Å². The Morgan fingerprint density at radius 3 is 1.75 bits per heavy atom. The minimum absolute atomic E-state index is 0.337. The lowest BCUT2D eigenvalue weighted by molar-refractivity contribution is -0.137. The lowest BCUT2D eigenvalue weighted by atomic mass is 10.1. The molecule has 0 amide bonds. The molecule has 0 unspecified atom stereocenters. The highest BCUT2D eigenvalue weighted by Gasteiger charge is 1.96. The molecule has 0 aliphatic rings. The van der Waals surface area contributed by atoms with Gasteiger partial charge in [-0.25, -0.2) is 0 Å². The summed E-state index contributed by atoms with van der Waals surface area (Å²) in [5, 5.41) is 11.6. The maximum atomic E-state index is 10.3. The van der Waals surface area contributed by atoms with Crippen LogP contribution in [0.3, 0.4) is 0 Å². The molecule has 0 aliphatic heterocycles. The van der Waals surface area contributed by atoms with Gasteiger partial charge in [-0.15, -0.1) is 0 Å². The average molecular weight is 229 g/mol. The van der Waals surface area contributed by atoms with E-state index in [0.29, 0.717) is 6.42 Å². The molecule has 96 valence electrons. The van der Waals surface area contributed by atoms with Crippen molar-refractivity contribution in [2.24, 2.45) is 0 Å². The second-order valence-corrected chi connectivity index (χ2v) is 4.43. The van der Waals surface area contributed by atoms with E-state index in [-0.39, 0.29) is 0 Å². The van der Waals surface area contributed by atoms with Gasteiger partial charge in [-0.2, -0.15) is 0 Å². The van der Waals surface area contributed by atoms with E-state index in [2.05, 4.69) is 5.32 Å². The SMILES string of the molecule is CNCCCCCCCCCCCC(=O)O. The summed E-state index contributed by atoms with van der Waals surface area (Å²) in [6.07, 6.45) is 11.3. The minimum atomic E-state index is -0.662. The van der Waals surface area contributed by atoms with Crippen molar-refractivity contribution in [3.8, 4) is 0 Å². The number of carboxylic acids is 1. The van der Waals surface area contributed by atoms with Crippen LogP contribution in [0.5, 0.6) is 0 Å². The minimum Gasteiger partial charge on any atom is -0.481 e. The Hall–Kier alpha value is -0.570. The molecule has 0 aromatic rings.